The largest absolute Gasteiger partial charge is 0.464 e. The third-order valence-electron chi connectivity index (χ3n) is 6.89. The van der Waals surface area contributed by atoms with Crippen LogP contribution in [0, 0.1) is 12.8 Å². The molecule has 1 saturated carbocycles. The van der Waals surface area contributed by atoms with Gasteiger partial charge in [-0.1, -0.05) is 44.0 Å². The number of amides is 2. The Balaban J connectivity index is 0.000000808. The van der Waals surface area contributed by atoms with Gasteiger partial charge >= 0.3 is 0 Å². The Bertz CT molecular complexity index is 1420. The van der Waals surface area contributed by atoms with E-state index in [-0.39, 0.29) is 5.91 Å². The Hall–Kier alpha value is -3.75. The Morgan fingerprint density at radius 3 is 2.51 bits per heavy atom. The minimum absolute atomic E-state index is 0.307. The first-order valence-corrected chi connectivity index (χ1v) is 14.6. The predicted octanol–water partition coefficient (Wildman–Crippen LogP) is 5.38. The quantitative estimate of drug-likeness (QED) is 0.279. The number of allylic oxidation sites excluding steroid dienone is 1. The molecular weight excluding hydrogens is 510 g/mol. The first-order valence-electron chi connectivity index (χ1n) is 13.0. The highest BCUT2D eigenvalue weighted by atomic mass is 32.2. The van der Waals surface area contributed by atoms with Gasteiger partial charge in [-0.15, -0.1) is 0 Å². The average Bonchev–Trinajstić information content (AvgIpc) is 3.37. The molecule has 2 amide bonds. The van der Waals surface area contributed by atoms with Gasteiger partial charge in [-0.3, -0.25) is 14.5 Å². The van der Waals surface area contributed by atoms with Crippen LogP contribution in [0.3, 0.4) is 0 Å². The lowest BCUT2D eigenvalue weighted by molar-refractivity contribution is -0.116. The summed E-state index contributed by atoms with van der Waals surface area (Å²) < 4.78 is 20.1. The molecule has 3 aromatic rings. The monoisotopic (exact) mass is 545 g/mol. The van der Waals surface area contributed by atoms with Gasteiger partial charge in [0.15, 0.2) is 0 Å². The maximum Gasteiger partial charge on any atom is 0.245 e. The highest BCUT2D eigenvalue weighted by Gasteiger charge is 2.19. The molecule has 39 heavy (non-hydrogen) atoms. The van der Waals surface area contributed by atoms with Crippen LogP contribution in [-0.2, 0) is 27.0 Å². The first kappa shape index (κ1) is 28.3. The number of carbonyl (C=O) groups excluding carboxylic acids is 2. The summed E-state index contributed by atoms with van der Waals surface area (Å²) in [5.74, 6) is 1.47. The van der Waals surface area contributed by atoms with Crippen LogP contribution in [0.25, 0.3) is 28.0 Å². The van der Waals surface area contributed by atoms with Crippen LogP contribution >= 0.6 is 0 Å². The molecule has 2 aliphatic rings. The zero-order valence-electron chi connectivity index (χ0n) is 22.8. The number of rotatable bonds is 9. The zero-order chi connectivity index (χ0) is 27.9. The number of likely N-dealkylation sites (N-methyl/N-ethyl adjacent to an activating group) is 1. The molecule has 2 aliphatic carbocycles. The lowest BCUT2D eigenvalue weighted by Gasteiger charge is -2.19. The van der Waals surface area contributed by atoms with E-state index in [0.29, 0.717) is 24.4 Å². The number of carbonyl (C=O) groups is 2. The van der Waals surface area contributed by atoms with Crippen molar-refractivity contribution in [2.75, 3.05) is 24.7 Å². The SMILES string of the molecule is CC1CC1.CNC(=O)/C=C\N(C=O)c1cc(-c2ccc3c(c2)CC=C3CNS(C)=O)c(C)c(-c2ccco2)c1. The molecule has 0 saturated heterocycles. The van der Waals surface area contributed by atoms with Crippen molar-refractivity contribution < 1.29 is 18.2 Å². The van der Waals surface area contributed by atoms with Gasteiger partial charge in [-0.05, 0) is 76.9 Å². The lowest BCUT2D eigenvalue weighted by atomic mass is 9.92. The predicted molar refractivity (Wildman–Crippen MR) is 158 cm³/mol. The maximum atomic E-state index is 11.9. The number of fused-ring (bicyclic) bond motifs is 1. The van der Waals surface area contributed by atoms with Crippen LogP contribution in [0.1, 0.15) is 36.5 Å². The summed E-state index contributed by atoms with van der Waals surface area (Å²) in [5.41, 5.74) is 7.93. The summed E-state index contributed by atoms with van der Waals surface area (Å²) >= 11 is 0. The van der Waals surface area contributed by atoms with Gasteiger partial charge in [0.2, 0.25) is 12.3 Å². The number of nitrogens with one attached hydrogen (secondary N) is 2. The van der Waals surface area contributed by atoms with E-state index in [1.807, 2.05) is 31.2 Å². The normalized spacial score (nSPS) is 14.7. The number of furan rings is 1. The molecule has 1 atom stereocenters. The van der Waals surface area contributed by atoms with Crippen molar-refractivity contribution in [2.45, 2.75) is 33.1 Å². The molecule has 1 unspecified atom stereocenters. The fourth-order valence-electron chi connectivity index (χ4n) is 4.35. The van der Waals surface area contributed by atoms with E-state index in [4.69, 9.17) is 4.42 Å². The molecule has 1 heterocycles. The van der Waals surface area contributed by atoms with Gasteiger partial charge < -0.3 is 9.73 Å². The smallest absolute Gasteiger partial charge is 0.245 e. The van der Waals surface area contributed by atoms with Crippen molar-refractivity contribution in [3.63, 3.8) is 0 Å². The molecule has 8 heteroatoms. The maximum absolute atomic E-state index is 11.9. The summed E-state index contributed by atoms with van der Waals surface area (Å²) in [4.78, 5) is 25.0. The summed E-state index contributed by atoms with van der Waals surface area (Å²) in [6.07, 6.45) is 12.6. The van der Waals surface area contributed by atoms with Crippen LogP contribution in [0.4, 0.5) is 5.69 Å². The molecule has 204 valence electrons. The fraction of sp³-hybridized carbons (Fsp3) is 0.290. The molecule has 5 rings (SSSR count). The minimum Gasteiger partial charge on any atom is -0.464 e. The van der Waals surface area contributed by atoms with Gasteiger partial charge in [0.1, 0.15) is 5.76 Å². The number of hydrogen-bond donors (Lipinski definition) is 2. The Labute approximate surface area is 232 Å². The molecular formula is C31H35N3O4S. The van der Waals surface area contributed by atoms with E-state index in [1.54, 1.807) is 12.5 Å². The van der Waals surface area contributed by atoms with Crippen molar-refractivity contribution in [3.05, 3.63) is 83.8 Å². The van der Waals surface area contributed by atoms with Crippen molar-refractivity contribution in [1.29, 1.82) is 0 Å². The molecule has 2 N–H and O–H groups in total. The summed E-state index contributed by atoms with van der Waals surface area (Å²) in [5, 5.41) is 2.51. The van der Waals surface area contributed by atoms with Gasteiger partial charge in [-0.2, -0.15) is 0 Å². The van der Waals surface area contributed by atoms with E-state index >= 15 is 0 Å². The molecule has 0 aliphatic heterocycles. The minimum atomic E-state index is -1.07. The van der Waals surface area contributed by atoms with Crippen LogP contribution in [-0.4, -0.2) is 36.4 Å². The third-order valence-corrected chi connectivity index (χ3v) is 7.44. The van der Waals surface area contributed by atoms with Gasteiger partial charge in [0.25, 0.3) is 0 Å². The third kappa shape index (κ3) is 7.22. The highest BCUT2D eigenvalue weighted by Crippen LogP contribution is 2.38. The van der Waals surface area contributed by atoms with E-state index in [2.05, 4.69) is 41.2 Å². The molecule has 0 bridgehead atoms. The van der Waals surface area contributed by atoms with Gasteiger partial charge in [0.05, 0.1) is 17.2 Å². The Kier molecular flexibility index (Phi) is 9.32. The molecule has 0 radical (unpaired) electrons. The zero-order valence-corrected chi connectivity index (χ0v) is 23.6. The molecule has 0 spiro atoms. The van der Waals surface area contributed by atoms with Gasteiger partial charge in [0, 0.05) is 43.4 Å². The fourth-order valence-corrected chi connectivity index (χ4v) is 4.71. The summed E-state index contributed by atoms with van der Waals surface area (Å²) in [6.45, 7) is 4.86. The second-order valence-corrected chi connectivity index (χ2v) is 11.0. The second-order valence-electron chi connectivity index (χ2n) is 9.85. The number of nitrogens with zero attached hydrogens (tertiary/aromatic N) is 1. The molecule has 7 nitrogen and oxygen atoms in total. The number of benzene rings is 2. The number of anilines is 1. The number of hydrogen-bond acceptors (Lipinski definition) is 4. The van der Waals surface area contributed by atoms with Crippen LogP contribution in [0.15, 0.2) is 71.5 Å². The lowest BCUT2D eigenvalue weighted by Crippen LogP contribution is -2.18. The topological polar surface area (TPSA) is 91.7 Å². The average molecular weight is 546 g/mol. The van der Waals surface area contributed by atoms with E-state index in [1.165, 1.54) is 42.6 Å². The van der Waals surface area contributed by atoms with E-state index in [0.717, 1.165) is 45.7 Å². The van der Waals surface area contributed by atoms with Crippen molar-refractivity contribution >= 4 is 34.6 Å². The van der Waals surface area contributed by atoms with Crippen molar-refractivity contribution in [2.24, 2.45) is 5.92 Å². The Morgan fingerprint density at radius 1 is 1.15 bits per heavy atom. The van der Waals surface area contributed by atoms with Gasteiger partial charge in [-0.25, -0.2) is 8.93 Å². The summed E-state index contributed by atoms with van der Waals surface area (Å²) in [7, 11) is 0.460. The van der Waals surface area contributed by atoms with E-state index in [9.17, 15) is 13.8 Å². The molecule has 2 aromatic carbocycles. The van der Waals surface area contributed by atoms with Crippen molar-refractivity contribution in [1.82, 2.24) is 10.0 Å². The first-order chi connectivity index (χ1) is 18.8. The second kappa shape index (κ2) is 12.9. The van der Waals surface area contributed by atoms with Crippen LogP contribution in [0.2, 0.25) is 0 Å². The van der Waals surface area contributed by atoms with Crippen LogP contribution in [0.5, 0.6) is 0 Å². The van der Waals surface area contributed by atoms with Crippen molar-refractivity contribution in [3.8, 4) is 22.5 Å². The molecule has 1 aromatic heterocycles. The van der Waals surface area contributed by atoms with Crippen LogP contribution < -0.4 is 14.9 Å². The highest BCUT2D eigenvalue weighted by molar-refractivity contribution is 7.82. The van der Waals surface area contributed by atoms with E-state index < -0.39 is 11.0 Å². The molecule has 1 fully saturated rings. The Morgan fingerprint density at radius 2 is 1.90 bits per heavy atom. The standard InChI is InChI=1S/C27H27N3O4S.C4H8/c1-18-24(20-8-9-23-19(13-20)6-7-21(23)16-29-35(3)33)14-22(15-25(18)26-5-4-12-34-26)30(17-31)11-10-27(32)28-2;1-4-2-3-4/h4-5,7-15,17,29H,6,16H2,1-3H3,(H,28,32);4H,2-3H2,1H3/b11-10-;. The summed E-state index contributed by atoms with van der Waals surface area (Å²) in [6, 6.07) is 13.8.